The van der Waals surface area contributed by atoms with Crippen LogP contribution in [0.4, 0.5) is 4.79 Å². The highest BCUT2D eigenvalue weighted by atomic mass is 32.1. The van der Waals surface area contributed by atoms with Gasteiger partial charge in [0.15, 0.2) is 0 Å². The van der Waals surface area contributed by atoms with Crippen LogP contribution in [0.3, 0.4) is 0 Å². The van der Waals surface area contributed by atoms with Gasteiger partial charge in [-0.2, -0.15) is 11.3 Å². The van der Waals surface area contributed by atoms with Crippen molar-refractivity contribution in [3.63, 3.8) is 0 Å². The highest BCUT2D eigenvalue weighted by Crippen LogP contribution is 2.22. The number of hydrogen-bond donors (Lipinski definition) is 3. The van der Waals surface area contributed by atoms with E-state index >= 15 is 0 Å². The molecule has 0 spiro atoms. The Bertz CT molecular complexity index is 600. The summed E-state index contributed by atoms with van der Waals surface area (Å²) >= 11 is 1.51. The quantitative estimate of drug-likeness (QED) is 0.729. The third-order valence-electron chi connectivity index (χ3n) is 3.64. The summed E-state index contributed by atoms with van der Waals surface area (Å²) in [4.78, 5) is 11.9. The number of hydrogen-bond acceptors (Lipinski definition) is 4. The molecule has 0 aliphatic heterocycles. The van der Waals surface area contributed by atoms with Gasteiger partial charge in [0.1, 0.15) is 5.60 Å². The second-order valence-corrected chi connectivity index (χ2v) is 6.26. The number of carbonyl (C=O) groups is 1. The number of aliphatic hydroxyl groups is 1. The van der Waals surface area contributed by atoms with E-state index in [1.807, 2.05) is 47.2 Å². The van der Waals surface area contributed by atoms with Crippen LogP contribution in [0.15, 0.2) is 47.2 Å². The summed E-state index contributed by atoms with van der Waals surface area (Å²) in [5.74, 6) is 0. The highest BCUT2D eigenvalue weighted by Gasteiger charge is 2.24. The van der Waals surface area contributed by atoms with Crippen molar-refractivity contribution in [2.75, 3.05) is 20.2 Å². The molecule has 2 aromatic rings. The molecule has 124 valence electrons. The Morgan fingerprint density at radius 1 is 1.30 bits per heavy atom. The first kappa shape index (κ1) is 17.5. The maximum absolute atomic E-state index is 11.9. The Kier molecular flexibility index (Phi) is 6.15. The van der Waals surface area contributed by atoms with Crippen LogP contribution < -0.4 is 10.6 Å². The molecular weight excluding hydrogens is 312 g/mol. The smallest absolute Gasteiger partial charge is 0.315 e. The van der Waals surface area contributed by atoms with E-state index < -0.39 is 5.60 Å². The molecule has 6 heteroatoms. The van der Waals surface area contributed by atoms with Gasteiger partial charge in [-0.1, -0.05) is 30.3 Å². The molecule has 1 aromatic carbocycles. The average Bonchev–Trinajstić information content (AvgIpc) is 3.10. The molecule has 23 heavy (non-hydrogen) atoms. The summed E-state index contributed by atoms with van der Waals surface area (Å²) in [7, 11) is 1.61. The van der Waals surface area contributed by atoms with Crippen LogP contribution in [-0.2, 0) is 10.3 Å². The van der Waals surface area contributed by atoms with Gasteiger partial charge in [0.05, 0.1) is 12.6 Å². The topological polar surface area (TPSA) is 70.6 Å². The molecule has 0 aliphatic rings. The van der Waals surface area contributed by atoms with E-state index in [0.29, 0.717) is 6.54 Å². The van der Waals surface area contributed by atoms with Gasteiger partial charge in [-0.3, -0.25) is 0 Å². The lowest BCUT2D eigenvalue weighted by molar-refractivity contribution is 0.0593. The second-order valence-electron chi connectivity index (χ2n) is 5.48. The van der Waals surface area contributed by atoms with E-state index in [-0.39, 0.29) is 18.7 Å². The summed E-state index contributed by atoms with van der Waals surface area (Å²) in [6.45, 7) is 2.17. The molecule has 0 aliphatic carbocycles. The molecule has 5 nitrogen and oxygen atoms in total. The molecule has 1 aromatic heterocycles. The number of carbonyl (C=O) groups excluding carboxylic acids is 1. The number of nitrogens with one attached hydrogen (secondary N) is 2. The first-order valence-electron chi connectivity index (χ1n) is 7.37. The Hall–Kier alpha value is -1.89. The summed E-state index contributed by atoms with van der Waals surface area (Å²) in [6.07, 6.45) is -0.209. The van der Waals surface area contributed by atoms with Crippen molar-refractivity contribution in [3.8, 4) is 0 Å². The molecule has 0 bridgehead atoms. The number of urea groups is 1. The molecular formula is C17H22N2O3S. The fraction of sp³-hybridized carbons (Fsp3) is 0.353. The first-order valence-corrected chi connectivity index (χ1v) is 8.31. The molecule has 0 unspecified atom stereocenters. The van der Waals surface area contributed by atoms with E-state index in [2.05, 4.69) is 10.6 Å². The SMILES string of the molecule is CO[C@@H](CNC(=O)NC[C@@](C)(O)c1ccsc1)c1ccccc1. The number of rotatable bonds is 7. The zero-order chi connectivity index (χ0) is 16.7. The first-order chi connectivity index (χ1) is 11.0. The normalized spacial score (nSPS) is 14.7. The van der Waals surface area contributed by atoms with E-state index in [1.54, 1.807) is 14.0 Å². The Morgan fingerprint density at radius 3 is 2.65 bits per heavy atom. The molecule has 0 saturated heterocycles. The lowest BCUT2D eigenvalue weighted by Gasteiger charge is -2.23. The van der Waals surface area contributed by atoms with Gasteiger partial charge >= 0.3 is 6.03 Å². The largest absolute Gasteiger partial charge is 0.384 e. The van der Waals surface area contributed by atoms with Gasteiger partial charge < -0.3 is 20.5 Å². The van der Waals surface area contributed by atoms with Gasteiger partial charge in [-0.05, 0) is 34.9 Å². The molecule has 1 heterocycles. The van der Waals surface area contributed by atoms with Crippen molar-refractivity contribution in [1.82, 2.24) is 10.6 Å². The van der Waals surface area contributed by atoms with Gasteiger partial charge in [-0.15, -0.1) is 0 Å². The molecule has 2 amide bonds. The van der Waals surface area contributed by atoms with Crippen molar-refractivity contribution < 1.29 is 14.6 Å². The van der Waals surface area contributed by atoms with Crippen LogP contribution in [0.5, 0.6) is 0 Å². The third-order valence-corrected chi connectivity index (χ3v) is 4.32. The summed E-state index contributed by atoms with van der Waals surface area (Å²) in [6, 6.07) is 11.2. The number of thiophene rings is 1. The average molecular weight is 334 g/mol. The summed E-state index contributed by atoms with van der Waals surface area (Å²) < 4.78 is 5.40. The molecule has 0 saturated carbocycles. The standard InChI is InChI=1S/C17H22N2O3S/c1-17(21,14-8-9-23-11-14)12-19-16(20)18-10-15(22-2)13-6-4-3-5-7-13/h3-9,11,15,21H,10,12H2,1-2H3,(H2,18,19,20)/t15-,17+/m0/s1. The van der Waals surface area contributed by atoms with Gasteiger partial charge in [0.25, 0.3) is 0 Å². The summed E-state index contributed by atoms with van der Waals surface area (Å²) in [5, 5.41) is 19.6. The van der Waals surface area contributed by atoms with E-state index in [1.165, 1.54) is 11.3 Å². The molecule has 0 radical (unpaired) electrons. The van der Waals surface area contributed by atoms with E-state index in [0.717, 1.165) is 11.1 Å². The number of benzene rings is 1. The van der Waals surface area contributed by atoms with Crippen LogP contribution >= 0.6 is 11.3 Å². The monoisotopic (exact) mass is 334 g/mol. The number of ether oxygens (including phenoxy) is 1. The van der Waals surface area contributed by atoms with E-state index in [9.17, 15) is 9.90 Å². The van der Waals surface area contributed by atoms with E-state index in [4.69, 9.17) is 4.74 Å². The maximum Gasteiger partial charge on any atom is 0.315 e. The zero-order valence-electron chi connectivity index (χ0n) is 13.3. The van der Waals surface area contributed by atoms with Crippen molar-refractivity contribution in [2.45, 2.75) is 18.6 Å². The van der Waals surface area contributed by atoms with Crippen molar-refractivity contribution >= 4 is 17.4 Å². The predicted octanol–water partition coefficient (Wildman–Crippen LogP) is 2.64. The highest BCUT2D eigenvalue weighted by molar-refractivity contribution is 7.08. The van der Waals surface area contributed by atoms with Crippen LogP contribution in [0, 0.1) is 0 Å². The maximum atomic E-state index is 11.9. The Labute approximate surface area is 140 Å². The van der Waals surface area contributed by atoms with Crippen LogP contribution in [-0.4, -0.2) is 31.3 Å². The minimum atomic E-state index is -1.09. The van der Waals surface area contributed by atoms with Crippen LogP contribution in [0.25, 0.3) is 0 Å². The lowest BCUT2D eigenvalue weighted by atomic mass is 9.99. The Balaban J connectivity index is 1.81. The Morgan fingerprint density at radius 2 is 2.04 bits per heavy atom. The minimum absolute atomic E-state index is 0.137. The molecule has 2 atom stereocenters. The van der Waals surface area contributed by atoms with Crippen LogP contribution in [0.1, 0.15) is 24.2 Å². The van der Waals surface area contributed by atoms with Gasteiger partial charge in [0.2, 0.25) is 0 Å². The minimum Gasteiger partial charge on any atom is -0.384 e. The fourth-order valence-electron chi connectivity index (χ4n) is 2.18. The number of methoxy groups -OCH3 is 1. The third kappa shape index (κ3) is 5.06. The fourth-order valence-corrected chi connectivity index (χ4v) is 2.96. The van der Waals surface area contributed by atoms with Crippen LogP contribution in [0.2, 0.25) is 0 Å². The van der Waals surface area contributed by atoms with Gasteiger partial charge in [-0.25, -0.2) is 4.79 Å². The zero-order valence-corrected chi connectivity index (χ0v) is 14.1. The number of amides is 2. The molecule has 0 fully saturated rings. The van der Waals surface area contributed by atoms with Crippen molar-refractivity contribution in [3.05, 3.63) is 58.3 Å². The summed E-state index contributed by atoms with van der Waals surface area (Å²) in [5.41, 5.74) is 0.708. The lowest BCUT2D eigenvalue weighted by Crippen LogP contribution is -2.44. The molecule has 2 rings (SSSR count). The van der Waals surface area contributed by atoms with Crippen molar-refractivity contribution in [2.24, 2.45) is 0 Å². The second kappa shape index (κ2) is 8.10. The van der Waals surface area contributed by atoms with Crippen molar-refractivity contribution in [1.29, 1.82) is 0 Å². The predicted molar refractivity (Wildman–Crippen MR) is 91.5 cm³/mol. The molecule has 3 N–H and O–H groups in total. The van der Waals surface area contributed by atoms with Gasteiger partial charge in [0, 0.05) is 13.7 Å².